The van der Waals surface area contributed by atoms with Crippen LogP contribution in [-0.2, 0) is 0 Å². The first kappa shape index (κ1) is 13.2. The number of thioether (sulfide) groups is 1. The van der Waals surface area contributed by atoms with Crippen LogP contribution in [0.15, 0.2) is 11.1 Å². The molecular weight excluding hydrogens is 230 g/mol. The Bertz CT molecular complexity index is 358. The highest BCUT2D eigenvalue weighted by Gasteiger charge is 2.13. The maximum atomic E-state index is 13.4. The van der Waals surface area contributed by atoms with Gasteiger partial charge in [-0.2, -0.15) is 0 Å². The van der Waals surface area contributed by atoms with Crippen LogP contribution >= 0.6 is 11.8 Å². The van der Waals surface area contributed by atoms with E-state index in [-0.39, 0.29) is 16.1 Å². The minimum atomic E-state index is -0.646. The van der Waals surface area contributed by atoms with Gasteiger partial charge in [-0.1, -0.05) is 13.8 Å². The van der Waals surface area contributed by atoms with Crippen molar-refractivity contribution < 1.29 is 8.78 Å². The predicted molar refractivity (Wildman–Crippen MR) is 63.9 cm³/mol. The average molecular weight is 246 g/mol. The van der Waals surface area contributed by atoms with Crippen molar-refractivity contribution in [3.05, 3.63) is 17.7 Å². The van der Waals surface area contributed by atoms with Crippen molar-refractivity contribution in [1.29, 1.82) is 0 Å². The molecule has 5 heteroatoms. The van der Waals surface area contributed by atoms with Crippen LogP contribution in [0.2, 0.25) is 0 Å². The zero-order valence-corrected chi connectivity index (χ0v) is 10.5. The third-order valence-electron chi connectivity index (χ3n) is 2.13. The van der Waals surface area contributed by atoms with Crippen molar-refractivity contribution in [1.82, 2.24) is 4.98 Å². The molecule has 0 fully saturated rings. The van der Waals surface area contributed by atoms with Crippen molar-refractivity contribution in [3.63, 3.8) is 0 Å². The number of nitrogens with one attached hydrogen (secondary N) is 1. The van der Waals surface area contributed by atoms with Gasteiger partial charge in [0.2, 0.25) is 0 Å². The molecule has 0 saturated heterocycles. The second kappa shape index (κ2) is 6.03. The van der Waals surface area contributed by atoms with E-state index < -0.39 is 11.6 Å². The third kappa shape index (κ3) is 3.33. The van der Waals surface area contributed by atoms with Crippen LogP contribution in [0.1, 0.15) is 27.2 Å². The van der Waals surface area contributed by atoms with E-state index in [0.717, 1.165) is 12.5 Å². The van der Waals surface area contributed by atoms with Gasteiger partial charge < -0.3 is 5.32 Å². The fourth-order valence-electron chi connectivity index (χ4n) is 1.10. The van der Waals surface area contributed by atoms with Crippen LogP contribution in [-0.4, -0.2) is 16.8 Å². The van der Waals surface area contributed by atoms with Gasteiger partial charge in [0.1, 0.15) is 5.03 Å². The van der Waals surface area contributed by atoms with Gasteiger partial charge >= 0.3 is 0 Å². The maximum absolute atomic E-state index is 13.4. The van der Waals surface area contributed by atoms with Crippen LogP contribution in [0, 0.1) is 11.6 Å². The Labute approximate surface area is 98.8 Å². The topological polar surface area (TPSA) is 24.9 Å². The Morgan fingerprint density at radius 2 is 2.06 bits per heavy atom. The monoisotopic (exact) mass is 246 g/mol. The first-order valence-corrected chi connectivity index (χ1v) is 6.23. The molecule has 1 N–H and O–H groups in total. The summed E-state index contributed by atoms with van der Waals surface area (Å²) in [6.45, 7) is 6.40. The van der Waals surface area contributed by atoms with E-state index in [2.05, 4.69) is 10.3 Å². The smallest absolute Gasteiger partial charge is 0.168 e. The van der Waals surface area contributed by atoms with E-state index in [9.17, 15) is 8.78 Å². The molecule has 0 aliphatic rings. The molecule has 1 atom stereocenters. The number of hydrogen-bond acceptors (Lipinski definition) is 3. The molecule has 90 valence electrons. The van der Waals surface area contributed by atoms with Gasteiger partial charge in [-0.15, -0.1) is 11.8 Å². The van der Waals surface area contributed by atoms with E-state index in [1.54, 1.807) is 0 Å². The molecule has 1 unspecified atom stereocenters. The number of anilines is 1. The molecule has 0 saturated carbocycles. The molecular formula is C11H16F2N2S. The Morgan fingerprint density at radius 1 is 1.38 bits per heavy atom. The standard InChI is InChI=1S/C11H16F2N2S/c1-4-7(3)16-11-9(13)6-8(12)10(15-11)14-5-2/h6-7H,4-5H2,1-3H3,(H,14,15). The molecule has 1 aromatic rings. The molecule has 1 heterocycles. The van der Waals surface area contributed by atoms with Gasteiger partial charge in [-0.3, -0.25) is 0 Å². The number of nitrogens with zero attached hydrogens (tertiary/aromatic N) is 1. The van der Waals surface area contributed by atoms with Gasteiger partial charge in [0.05, 0.1) is 0 Å². The van der Waals surface area contributed by atoms with Crippen molar-refractivity contribution >= 4 is 17.6 Å². The largest absolute Gasteiger partial charge is 0.368 e. The first-order chi connectivity index (χ1) is 7.58. The van der Waals surface area contributed by atoms with Gasteiger partial charge in [0, 0.05) is 17.9 Å². The van der Waals surface area contributed by atoms with Gasteiger partial charge in [-0.05, 0) is 13.3 Å². The predicted octanol–water partition coefficient (Wildman–Crippen LogP) is 3.68. The summed E-state index contributed by atoms with van der Waals surface area (Å²) < 4.78 is 26.7. The van der Waals surface area contributed by atoms with Crippen molar-refractivity contribution in [2.75, 3.05) is 11.9 Å². The van der Waals surface area contributed by atoms with Crippen LogP contribution in [0.25, 0.3) is 0 Å². The third-order valence-corrected chi connectivity index (χ3v) is 3.37. The lowest BCUT2D eigenvalue weighted by atomic mass is 10.4. The minimum Gasteiger partial charge on any atom is -0.368 e. The fourth-order valence-corrected chi connectivity index (χ4v) is 1.96. The van der Waals surface area contributed by atoms with Crippen molar-refractivity contribution in [3.8, 4) is 0 Å². The fraction of sp³-hybridized carbons (Fsp3) is 0.545. The molecule has 0 spiro atoms. The SMILES string of the molecule is CCNc1nc(SC(C)CC)c(F)cc1F. The van der Waals surface area contributed by atoms with Gasteiger partial charge in [0.15, 0.2) is 17.5 Å². The van der Waals surface area contributed by atoms with E-state index in [1.807, 2.05) is 20.8 Å². The summed E-state index contributed by atoms with van der Waals surface area (Å²) >= 11 is 1.33. The van der Waals surface area contributed by atoms with Crippen LogP contribution in [0.5, 0.6) is 0 Å². The zero-order chi connectivity index (χ0) is 12.1. The molecule has 1 aromatic heterocycles. The molecule has 0 aliphatic carbocycles. The van der Waals surface area contributed by atoms with E-state index in [4.69, 9.17) is 0 Å². The molecule has 1 rings (SSSR count). The summed E-state index contributed by atoms with van der Waals surface area (Å²) in [5, 5.41) is 3.29. The Kier molecular flexibility index (Phi) is 4.99. The highest BCUT2D eigenvalue weighted by molar-refractivity contribution is 7.99. The molecule has 0 aliphatic heterocycles. The molecule has 16 heavy (non-hydrogen) atoms. The number of pyridine rings is 1. The lowest BCUT2D eigenvalue weighted by molar-refractivity contribution is 0.550. The number of hydrogen-bond donors (Lipinski definition) is 1. The number of aromatic nitrogens is 1. The zero-order valence-electron chi connectivity index (χ0n) is 9.68. The summed E-state index contributed by atoms with van der Waals surface area (Å²) in [4.78, 5) is 3.95. The normalized spacial score (nSPS) is 12.6. The van der Waals surface area contributed by atoms with Crippen LogP contribution in [0.4, 0.5) is 14.6 Å². The van der Waals surface area contributed by atoms with E-state index in [1.165, 1.54) is 11.8 Å². The Morgan fingerprint density at radius 3 is 2.62 bits per heavy atom. The second-order valence-electron chi connectivity index (χ2n) is 3.47. The van der Waals surface area contributed by atoms with E-state index >= 15 is 0 Å². The lowest BCUT2D eigenvalue weighted by Gasteiger charge is -2.10. The van der Waals surface area contributed by atoms with E-state index in [0.29, 0.717) is 6.54 Å². The molecule has 0 bridgehead atoms. The summed E-state index contributed by atoms with van der Waals surface area (Å²) in [5.74, 6) is -1.12. The Hall–Kier alpha value is -0.840. The van der Waals surface area contributed by atoms with Gasteiger partial charge in [-0.25, -0.2) is 13.8 Å². The summed E-state index contributed by atoms with van der Waals surface area (Å²) in [7, 11) is 0. The highest BCUT2D eigenvalue weighted by atomic mass is 32.2. The molecule has 2 nitrogen and oxygen atoms in total. The average Bonchev–Trinajstić information content (AvgIpc) is 2.25. The van der Waals surface area contributed by atoms with Crippen LogP contribution < -0.4 is 5.32 Å². The van der Waals surface area contributed by atoms with Crippen LogP contribution in [0.3, 0.4) is 0 Å². The minimum absolute atomic E-state index is 0.120. The number of halogens is 2. The second-order valence-corrected chi connectivity index (χ2v) is 4.90. The van der Waals surface area contributed by atoms with Crippen molar-refractivity contribution in [2.24, 2.45) is 0 Å². The quantitative estimate of drug-likeness (QED) is 0.802. The summed E-state index contributed by atoms with van der Waals surface area (Å²) in [6.07, 6.45) is 0.916. The number of rotatable bonds is 5. The Balaban J connectivity index is 2.95. The summed E-state index contributed by atoms with van der Waals surface area (Å²) in [6, 6.07) is 0.885. The van der Waals surface area contributed by atoms with Gasteiger partial charge in [0.25, 0.3) is 0 Å². The molecule has 0 radical (unpaired) electrons. The molecule has 0 amide bonds. The van der Waals surface area contributed by atoms with Crippen molar-refractivity contribution in [2.45, 2.75) is 37.5 Å². The first-order valence-electron chi connectivity index (χ1n) is 5.35. The summed E-state index contributed by atoms with van der Waals surface area (Å²) in [5.41, 5.74) is 0. The maximum Gasteiger partial charge on any atom is 0.168 e. The molecule has 0 aromatic carbocycles. The highest BCUT2D eigenvalue weighted by Crippen LogP contribution is 2.28. The lowest BCUT2D eigenvalue weighted by Crippen LogP contribution is -2.05.